The number of H-pyrrole nitrogens is 5. The summed E-state index contributed by atoms with van der Waals surface area (Å²) >= 11 is 0. The Kier molecular flexibility index (Phi) is 30.7. The van der Waals surface area contributed by atoms with Crippen LogP contribution in [0.15, 0.2) is 207 Å². The van der Waals surface area contributed by atoms with Gasteiger partial charge in [0.1, 0.15) is 6.29 Å². The topological polar surface area (TPSA) is 208 Å². The summed E-state index contributed by atoms with van der Waals surface area (Å²) < 4.78 is 0. The van der Waals surface area contributed by atoms with Gasteiger partial charge in [-0.25, -0.2) is 9.98 Å². The zero-order chi connectivity index (χ0) is 63.5. The van der Waals surface area contributed by atoms with E-state index < -0.39 is 5.78 Å². The number of aliphatic imine (C=N–C) groups is 4. The zero-order valence-electron chi connectivity index (χ0n) is 54.1. The Morgan fingerprint density at radius 2 is 1.04 bits per heavy atom. The number of carbonyl (C=O) groups is 3. The molecular formula is C74H85ClMnN11O3. The fraction of sp³-hybridized carbons (Fsp3) is 0.257. The molecule has 0 unspecified atom stereocenters. The van der Waals surface area contributed by atoms with E-state index in [4.69, 9.17) is 24.7 Å². The Morgan fingerprint density at radius 3 is 1.56 bits per heavy atom. The van der Waals surface area contributed by atoms with Gasteiger partial charge >= 0.3 is 17.1 Å². The maximum atomic E-state index is 9.44. The molecule has 7 aromatic heterocycles. The van der Waals surface area contributed by atoms with Crippen molar-refractivity contribution in [3.05, 3.63) is 242 Å². The number of halogens is 1. The van der Waals surface area contributed by atoms with Crippen molar-refractivity contribution >= 4 is 81.2 Å². The SMILES string of the molecule is CC(=O)C=O.CC(c1ccc[nH]1)c1ccc[nH]1.CC/C(c1ccc(/C(C)=C2/C=CC=N2)[nH]1)=c1\ccc(=C(C)C2=N/C(=C(\C)CC)C=C2)[nH]1.CCC(=C1C=CC(C(C)=c2cc/c(=C(/C)CC)[n-]2)=N1)c1ccc(C(C)=C2C=CC=N2)[n-]1.CCC=O.[Cl-].[Mn+3].c1cc[nH]c1. The summed E-state index contributed by atoms with van der Waals surface area (Å²) in [5.74, 6) is -0.000000000000000111. The third-order valence-electron chi connectivity index (χ3n) is 15.1. The molecular weight excluding hydrogens is 1180 g/mol. The minimum atomic E-state index is -0.426. The molecule has 0 bridgehead atoms. The van der Waals surface area contributed by atoms with Gasteiger partial charge in [0.15, 0.2) is 12.1 Å². The number of nitrogens with one attached hydrogen (secondary N) is 5. The summed E-state index contributed by atoms with van der Waals surface area (Å²) in [7, 11) is 0. The Labute approximate surface area is 547 Å². The smallest absolute Gasteiger partial charge is 1.00 e. The Morgan fingerprint density at radius 1 is 0.511 bits per heavy atom. The van der Waals surface area contributed by atoms with Crippen molar-refractivity contribution in [2.45, 2.75) is 128 Å². The van der Waals surface area contributed by atoms with Crippen LogP contribution < -0.4 is 43.8 Å². The number of aldehydes is 2. The van der Waals surface area contributed by atoms with Gasteiger partial charge in [-0.05, 0) is 216 Å². The molecule has 0 saturated carbocycles. The van der Waals surface area contributed by atoms with Crippen LogP contribution in [0, 0.1) is 0 Å². The summed E-state index contributed by atoms with van der Waals surface area (Å²) in [5.41, 5.74) is 22.3. The van der Waals surface area contributed by atoms with Gasteiger partial charge < -0.3 is 52.1 Å². The van der Waals surface area contributed by atoms with Crippen LogP contribution in [0.2, 0.25) is 0 Å². The molecule has 5 N–H and O–H groups in total. The molecule has 0 aliphatic carbocycles. The van der Waals surface area contributed by atoms with Gasteiger partial charge in [0.25, 0.3) is 0 Å². The first kappa shape index (κ1) is 73.3. The van der Waals surface area contributed by atoms with Crippen LogP contribution in [0.5, 0.6) is 0 Å². The van der Waals surface area contributed by atoms with Crippen molar-refractivity contribution in [2.24, 2.45) is 20.0 Å². The first-order valence-electron chi connectivity index (χ1n) is 30.2. The maximum absolute atomic E-state index is 9.44. The molecule has 16 heteroatoms. The van der Waals surface area contributed by atoms with E-state index in [1.54, 1.807) is 0 Å². The molecule has 0 aromatic carbocycles. The molecule has 90 heavy (non-hydrogen) atoms. The van der Waals surface area contributed by atoms with E-state index in [0.29, 0.717) is 12.3 Å². The molecule has 7 aromatic rings. The summed E-state index contributed by atoms with van der Waals surface area (Å²) in [6, 6.07) is 29.1. The van der Waals surface area contributed by atoms with Crippen molar-refractivity contribution in [3.8, 4) is 0 Å². The van der Waals surface area contributed by atoms with Crippen LogP contribution in [-0.4, -0.2) is 67.1 Å². The molecule has 0 amide bonds. The Balaban J connectivity index is 0.000000272. The van der Waals surface area contributed by atoms with E-state index in [1.807, 2.05) is 92.7 Å². The number of hydrogen-bond acceptors (Lipinski definition) is 7. The molecule has 0 fully saturated rings. The second-order valence-electron chi connectivity index (χ2n) is 21.1. The molecule has 14 nitrogen and oxygen atoms in total. The van der Waals surface area contributed by atoms with Crippen molar-refractivity contribution in [2.75, 3.05) is 0 Å². The van der Waals surface area contributed by atoms with Gasteiger partial charge in [0.05, 0.1) is 34.2 Å². The van der Waals surface area contributed by atoms with E-state index >= 15 is 0 Å². The number of aromatic nitrogens is 7. The van der Waals surface area contributed by atoms with Gasteiger partial charge in [-0.3, -0.25) is 19.6 Å². The number of nitrogens with zero attached hydrogens (tertiary/aromatic N) is 6. The zero-order valence-corrected chi connectivity index (χ0v) is 56.0. The van der Waals surface area contributed by atoms with Crippen molar-refractivity contribution in [3.63, 3.8) is 0 Å². The van der Waals surface area contributed by atoms with Crippen LogP contribution in [0.4, 0.5) is 0 Å². The number of allylic oxidation sites excluding steroid dienone is 12. The fourth-order valence-corrected chi connectivity index (χ4v) is 9.31. The van der Waals surface area contributed by atoms with Gasteiger partial charge in [-0.15, -0.1) is 22.1 Å². The van der Waals surface area contributed by atoms with Crippen LogP contribution in [0.1, 0.15) is 162 Å². The molecule has 0 saturated heterocycles. The van der Waals surface area contributed by atoms with Crippen LogP contribution >= 0.6 is 0 Å². The quantitative estimate of drug-likeness (QED) is 0.0408. The van der Waals surface area contributed by atoms with Crippen molar-refractivity contribution in [1.82, 2.24) is 34.9 Å². The number of aromatic amines is 5. The summed E-state index contributed by atoms with van der Waals surface area (Å²) in [6.07, 6.45) is 33.3. The standard InChI is InChI=1S/C27H30N4.C27H28N4.C10H12N2.C4H5N.C3H4O2.C3H6O.ClH.Mn/c2*1-6-17(3)21-10-11-24(29-21)19(5)25-13-15-27(31-25)20(7-2)26-14-12-23(30-26)18(4)22-9-8-16-28-22;1-8(9-4-2-6-11-9)10-5-3-7-12-10;1-2-4-5-3-1;1-3(5)2-4;1-2-3-4;;/h8-16,30-31H,6-7H2,1-5H3;8-16H,6-7H2,1-5H3;2-8,11-12H,1H3;1-5H;2H,1H3;3H,2H2,1H3;1H;/q;-2;;;;;;+3/p-1/b21-17+,22-18-,25-19?,27-20-;21-17+,22-18?,24-19?,27-20?;;;;;;. The van der Waals surface area contributed by atoms with E-state index in [2.05, 4.69) is 196 Å². The van der Waals surface area contributed by atoms with Crippen molar-refractivity contribution < 1.29 is 43.9 Å². The minimum Gasteiger partial charge on any atom is -1.00 e. The van der Waals surface area contributed by atoms with Gasteiger partial charge in [-0.1, -0.05) is 71.4 Å². The normalized spacial score (nSPS) is 16.6. The number of carbonyl (C=O) groups excluding carboxylic acids is 3. The minimum absolute atomic E-state index is 0. The predicted octanol–water partition coefficient (Wildman–Crippen LogP) is 10.6. The average Bonchev–Trinajstić information content (AvgIpc) is 1.78. The number of ketones is 1. The summed E-state index contributed by atoms with van der Waals surface area (Å²) in [5, 5.41) is 4.31. The molecule has 0 spiro atoms. The third kappa shape index (κ3) is 20.5. The third-order valence-corrected chi connectivity index (χ3v) is 15.1. The molecule has 11 heterocycles. The first-order chi connectivity index (χ1) is 42.6. The van der Waals surface area contributed by atoms with Crippen LogP contribution in [0.25, 0.3) is 39.0 Å². The Bertz CT molecular complexity index is 4070. The Hall–Kier alpha value is -9.14. The maximum Gasteiger partial charge on any atom is 3.00 e. The predicted molar refractivity (Wildman–Crippen MR) is 367 cm³/mol. The van der Waals surface area contributed by atoms with E-state index in [9.17, 15) is 9.59 Å². The number of hydrogen-bond donors (Lipinski definition) is 5. The molecule has 11 rings (SSSR count). The summed E-state index contributed by atoms with van der Waals surface area (Å²) in [6.45, 7) is 26.6. The largest absolute Gasteiger partial charge is 3.00 e. The average molecular weight is 1270 g/mol. The van der Waals surface area contributed by atoms with E-state index in [0.717, 1.165) is 138 Å². The molecule has 4 aliphatic rings. The van der Waals surface area contributed by atoms with Crippen LogP contribution in [-0.2, 0) is 31.5 Å². The van der Waals surface area contributed by atoms with Crippen LogP contribution in [0.3, 0.4) is 0 Å². The monoisotopic (exact) mass is 1270 g/mol. The fourth-order valence-electron chi connectivity index (χ4n) is 9.31. The van der Waals surface area contributed by atoms with E-state index in [1.165, 1.54) is 35.0 Å². The first-order valence-corrected chi connectivity index (χ1v) is 30.2. The number of rotatable bonds is 14. The second-order valence-corrected chi connectivity index (χ2v) is 21.1. The second kappa shape index (κ2) is 37.6. The van der Waals surface area contributed by atoms with Crippen molar-refractivity contribution in [1.29, 1.82) is 0 Å². The van der Waals surface area contributed by atoms with E-state index in [-0.39, 0.29) is 35.8 Å². The van der Waals surface area contributed by atoms with Gasteiger partial charge in [0.2, 0.25) is 0 Å². The van der Waals surface area contributed by atoms with Gasteiger partial charge in [0, 0.05) is 90.0 Å². The molecule has 0 radical (unpaired) electrons. The summed E-state index contributed by atoms with van der Waals surface area (Å²) in [4.78, 5) is 72.5. The molecule has 4 aliphatic heterocycles. The number of Topliss-reactive ketones (excluding diaryl/α,β-unsaturated/α-hetero) is 1. The van der Waals surface area contributed by atoms with Gasteiger partial charge in [-0.2, -0.15) is 0 Å². The molecule has 0 atom stereocenters. The molecule has 468 valence electrons.